The van der Waals surface area contributed by atoms with Crippen molar-refractivity contribution < 1.29 is 0 Å². The molecule has 4 heteroatoms. The average molecular weight is 252 g/mol. The zero-order valence-corrected chi connectivity index (χ0v) is 10.8. The molecule has 1 aliphatic rings. The van der Waals surface area contributed by atoms with Crippen molar-refractivity contribution in [2.75, 3.05) is 5.01 Å². The number of hydrazone groups is 1. The molecule has 0 bridgehead atoms. The Balaban J connectivity index is 1.96. The van der Waals surface area contributed by atoms with Crippen LogP contribution >= 0.6 is 0 Å². The zero-order chi connectivity index (χ0) is 13.2. The van der Waals surface area contributed by atoms with E-state index in [9.17, 15) is 0 Å². The Hall–Kier alpha value is -2.36. The van der Waals surface area contributed by atoms with Crippen molar-refractivity contribution in [2.24, 2.45) is 10.8 Å². The number of aromatic nitrogens is 1. The Morgan fingerprint density at radius 1 is 1.16 bits per heavy atom. The van der Waals surface area contributed by atoms with E-state index in [0.717, 1.165) is 17.8 Å². The van der Waals surface area contributed by atoms with Gasteiger partial charge in [0.25, 0.3) is 0 Å². The number of pyridine rings is 1. The fourth-order valence-electron chi connectivity index (χ4n) is 2.30. The highest BCUT2D eigenvalue weighted by Crippen LogP contribution is 2.33. The molecule has 0 saturated heterocycles. The van der Waals surface area contributed by atoms with E-state index in [2.05, 4.69) is 22.2 Å². The van der Waals surface area contributed by atoms with Crippen molar-refractivity contribution in [2.45, 2.75) is 19.4 Å². The molecule has 1 aromatic carbocycles. The summed E-state index contributed by atoms with van der Waals surface area (Å²) >= 11 is 0. The number of nitrogens with two attached hydrogens (primary N) is 1. The van der Waals surface area contributed by atoms with Crippen LogP contribution in [0.5, 0.6) is 0 Å². The maximum Gasteiger partial charge on any atom is 0.122 e. The van der Waals surface area contributed by atoms with Gasteiger partial charge in [0.05, 0.1) is 17.9 Å². The van der Waals surface area contributed by atoms with Gasteiger partial charge in [-0.2, -0.15) is 5.10 Å². The number of hydrogen-bond acceptors (Lipinski definition) is 4. The topological polar surface area (TPSA) is 54.5 Å². The maximum atomic E-state index is 5.91. The van der Waals surface area contributed by atoms with Crippen molar-refractivity contribution in [3.8, 4) is 0 Å². The largest absolute Gasteiger partial charge is 0.386 e. The second-order valence-electron chi connectivity index (χ2n) is 4.72. The lowest BCUT2D eigenvalue weighted by atomic mass is 10.0. The maximum absolute atomic E-state index is 5.91. The number of nitrogens with zero attached hydrogens (tertiary/aromatic N) is 3. The number of amidine groups is 1. The molecule has 2 aromatic rings. The molecule has 0 aliphatic carbocycles. The van der Waals surface area contributed by atoms with Gasteiger partial charge in [0, 0.05) is 12.1 Å². The zero-order valence-electron chi connectivity index (χ0n) is 10.8. The molecule has 4 nitrogen and oxygen atoms in total. The monoisotopic (exact) mass is 252 g/mol. The minimum absolute atomic E-state index is 0.158. The first-order chi connectivity index (χ1) is 9.24. The van der Waals surface area contributed by atoms with E-state index >= 15 is 0 Å². The molecule has 2 N–H and O–H groups in total. The summed E-state index contributed by atoms with van der Waals surface area (Å²) in [4.78, 5) is 4.33. The molecule has 0 radical (unpaired) electrons. The van der Waals surface area contributed by atoms with Gasteiger partial charge < -0.3 is 5.73 Å². The first-order valence-corrected chi connectivity index (χ1v) is 6.34. The van der Waals surface area contributed by atoms with Gasteiger partial charge in [-0.05, 0) is 24.6 Å². The summed E-state index contributed by atoms with van der Waals surface area (Å²) in [5.41, 5.74) is 9.09. The van der Waals surface area contributed by atoms with Crippen LogP contribution in [-0.4, -0.2) is 10.8 Å². The van der Waals surface area contributed by atoms with Crippen molar-refractivity contribution in [1.29, 1.82) is 0 Å². The molecule has 0 spiro atoms. The molecule has 1 aliphatic heterocycles. The number of hydrogen-bond donors (Lipinski definition) is 1. The highest BCUT2D eigenvalue weighted by Gasteiger charge is 2.27. The van der Waals surface area contributed by atoms with Gasteiger partial charge in [-0.1, -0.05) is 30.3 Å². The Labute approximate surface area is 112 Å². The summed E-state index contributed by atoms with van der Waals surface area (Å²) in [6, 6.07) is 14.5. The molecule has 1 aromatic heterocycles. The first kappa shape index (κ1) is 11.7. The van der Waals surface area contributed by atoms with E-state index in [1.165, 1.54) is 5.56 Å². The van der Waals surface area contributed by atoms with Crippen LogP contribution in [0.15, 0.2) is 53.8 Å². The summed E-state index contributed by atoms with van der Waals surface area (Å²) < 4.78 is 0. The summed E-state index contributed by atoms with van der Waals surface area (Å²) in [5.74, 6) is 0.662. The number of anilines is 1. The minimum Gasteiger partial charge on any atom is -0.386 e. The highest BCUT2D eigenvalue weighted by atomic mass is 15.5. The Bertz CT molecular complexity index is 589. The molecule has 0 fully saturated rings. The van der Waals surface area contributed by atoms with Crippen LogP contribution in [0.1, 0.15) is 23.7 Å². The predicted molar refractivity (Wildman–Crippen MR) is 76.9 cm³/mol. The Kier molecular flexibility index (Phi) is 2.91. The van der Waals surface area contributed by atoms with Crippen molar-refractivity contribution in [3.05, 3.63) is 59.9 Å². The van der Waals surface area contributed by atoms with Crippen molar-refractivity contribution in [3.63, 3.8) is 0 Å². The van der Waals surface area contributed by atoms with Crippen LogP contribution in [0.25, 0.3) is 0 Å². The molecule has 0 saturated carbocycles. The van der Waals surface area contributed by atoms with Gasteiger partial charge in [0.1, 0.15) is 5.84 Å². The van der Waals surface area contributed by atoms with Crippen LogP contribution < -0.4 is 10.7 Å². The van der Waals surface area contributed by atoms with Crippen LogP contribution in [0, 0.1) is 6.92 Å². The van der Waals surface area contributed by atoms with E-state index in [-0.39, 0.29) is 6.04 Å². The lowest BCUT2D eigenvalue weighted by molar-refractivity contribution is 0.707. The van der Waals surface area contributed by atoms with E-state index in [0.29, 0.717) is 5.84 Å². The summed E-state index contributed by atoms with van der Waals surface area (Å²) in [6.45, 7) is 1.97. The fraction of sp³-hybridized carbons (Fsp3) is 0.200. The summed E-state index contributed by atoms with van der Waals surface area (Å²) in [6.07, 6.45) is 2.59. The van der Waals surface area contributed by atoms with Gasteiger partial charge in [0.15, 0.2) is 0 Å². The highest BCUT2D eigenvalue weighted by molar-refractivity contribution is 5.85. The summed E-state index contributed by atoms with van der Waals surface area (Å²) in [5, 5.41) is 6.39. The average Bonchev–Trinajstić information content (AvgIpc) is 2.83. The molecule has 2 heterocycles. The second kappa shape index (κ2) is 4.72. The van der Waals surface area contributed by atoms with Crippen LogP contribution in [-0.2, 0) is 0 Å². The fourth-order valence-corrected chi connectivity index (χ4v) is 2.30. The Morgan fingerprint density at radius 3 is 2.63 bits per heavy atom. The van der Waals surface area contributed by atoms with E-state index < -0.39 is 0 Å². The smallest absolute Gasteiger partial charge is 0.122 e. The van der Waals surface area contributed by atoms with Crippen molar-refractivity contribution in [1.82, 2.24) is 4.98 Å². The SMILES string of the molecule is Cc1ccc(N2N=C(N)CC2c2ccccc2)cn1. The van der Waals surface area contributed by atoms with Crippen LogP contribution in [0.4, 0.5) is 5.69 Å². The lowest BCUT2D eigenvalue weighted by Gasteiger charge is -2.23. The molecular weight excluding hydrogens is 236 g/mol. The molecule has 1 atom stereocenters. The van der Waals surface area contributed by atoms with Gasteiger partial charge >= 0.3 is 0 Å². The van der Waals surface area contributed by atoms with Gasteiger partial charge in [0.2, 0.25) is 0 Å². The Morgan fingerprint density at radius 2 is 1.95 bits per heavy atom. The van der Waals surface area contributed by atoms with Crippen molar-refractivity contribution >= 4 is 11.5 Å². The third-order valence-corrected chi connectivity index (χ3v) is 3.28. The molecular formula is C15H16N4. The third kappa shape index (κ3) is 2.29. The second-order valence-corrected chi connectivity index (χ2v) is 4.72. The standard InChI is InChI=1S/C15H16N4/c1-11-7-8-13(10-17-11)19-14(9-15(16)18-19)12-5-3-2-4-6-12/h2-8,10,14H,9H2,1H3,(H2,16,18). The third-order valence-electron chi connectivity index (χ3n) is 3.28. The molecule has 3 rings (SSSR count). The molecule has 0 amide bonds. The van der Waals surface area contributed by atoms with E-state index in [1.807, 2.05) is 48.5 Å². The molecule has 1 unspecified atom stereocenters. The first-order valence-electron chi connectivity index (χ1n) is 6.34. The number of benzene rings is 1. The predicted octanol–water partition coefficient (Wildman–Crippen LogP) is 2.61. The van der Waals surface area contributed by atoms with Gasteiger partial charge in [-0.3, -0.25) is 9.99 Å². The normalized spacial score (nSPS) is 18.5. The molecule has 19 heavy (non-hydrogen) atoms. The summed E-state index contributed by atoms with van der Waals surface area (Å²) in [7, 11) is 0. The lowest BCUT2D eigenvalue weighted by Crippen LogP contribution is -2.18. The van der Waals surface area contributed by atoms with E-state index in [1.54, 1.807) is 0 Å². The number of aryl methyl sites for hydroxylation is 1. The van der Waals surface area contributed by atoms with Gasteiger partial charge in [-0.25, -0.2) is 0 Å². The van der Waals surface area contributed by atoms with Crippen LogP contribution in [0.3, 0.4) is 0 Å². The minimum atomic E-state index is 0.158. The number of rotatable bonds is 2. The van der Waals surface area contributed by atoms with Gasteiger partial charge in [-0.15, -0.1) is 0 Å². The van der Waals surface area contributed by atoms with E-state index in [4.69, 9.17) is 5.73 Å². The van der Waals surface area contributed by atoms with Crippen LogP contribution in [0.2, 0.25) is 0 Å². The quantitative estimate of drug-likeness (QED) is 0.893. The molecule has 96 valence electrons.